The molecule has 0 saturated carbocycles. The number of aryl methyl sites for hydroxylation is 1. The van der Waals surface area contributed by atoms with Gasteiger partial charge in [0.05, 0.1) is 23.5 Å². The van der Waals surface area contributed by atoms with Gasteiger partial charge in [0.25, 0.3) is 0 Å². The molecule has 1 amide bonds. The van der Waals surface area contributed by atoms with Crippen molar-refractivity contribution in [3.8, 4) is 0 Å². The Morgan fingerprint density at radius 3 is 2.53 bits per heavy atom. The van der Waals surface area contributed by atoms with E-state index in [9.17, 15) is 18.0 Å². The Labute approximate surface area is 184 Å². The number of alkyl halides is 3. The predicted molar refractivity (Wildman–Crippen MR) is 114 cm³/mol. The fraction of sp³-hybridized carbons (Fsp3) is 0.417. The third-order valence-corrected chi connectivity index (χ3v) is 5.88. The molecule has 0 bridgehead atoms. The van der Waals surface area contributed by atoms with Gasteiger partial charge in [-0.25, -0.2) is 4.98 Å². The molecule has 4 rings (SSSR count). The standard InChI is InChI=1S/C24H26F3N3O2/c1-15-6-4-9-22-28-12-21(30(15)22)20(18-7-5-8-19(10-18)24(25,26)27)11-23(31)29-13-16(2)32-17(3)14-29/h4-10,12,16-17,20H,11,13-14H2,1-3H3. The van der Waals surface area contributed by atoms with Crippen LogP contribution in [0.15, 0.2) is 48.7 Å². The lowest BCUT2D eigenvalue weighted by Gasteiger charge is -2.36. The summed E-state index contributed by atoms with van der Waals surface area (Å²) in [5, 5.41) is 0. The quantitative estimate of drug-likeness (QED) is 0.579. The molecule has 5 nitrogen and oxygen atoms in total. The van der Waals surface area contributed by atoms with Crippen LogP contribution in [0.4, 0.5) is 13.2 Å². The Morgan fingerprint density at radius 2 is 1.84 bits per heavy atom. The molecule has 32 heavy (non-hydrogen) atoms. The zero-order chi connectivity index (χ0) is 23.0. The lowest BCUT2D eigenvalue weighted by atomic mass is 9.90. The highest BCUT2D eigenvalue weighted by Crippen LogP contribution is 2.35. The van der Waals surface area contributed by atoms with E-state index >= 15 is 0 Å². The average molecular weight is 445 g/mol. The van der Waals surface area contributed by atoms with Crippen LogP contribution in [0.2, 0.25) is 0 Å². The number of amides is 1. The Balaban J connectivity index is 1.76. The van der Waals surface area contributed by atoms with E-state index in [0.717, 1.165) is 17.8 Å². The molecular weight excluding hydrogens is 419 g/mol. The summed E-state index contributed by atoms with van der Waals surface area (Å²) in [7, 11) is 0. The van der Waals surface area contributed by atoms with Gasteiger partial charge in [0.2, 0.25) is 5.91 Å². The fourth-order valence-corrected chi connectivity index (χ4v) is 4.49. The smallest absolute Gasteiger partial charge is 0.372 e. The van der Waals surface area contributed by atoms with Gasteiger partial charge < -0.3 is 14.0 Å². The second-order valence-corrected chi connectivity index (χ2v) is 8.48. The highest BCUT2D eigenvalue weighted by molar-refractivity contribution is 5.78. The molecule has 170 valence electrons. The molecule has 0 aliphatic carbocycles. The summed E-state index contributed by atoms with van der Waals surface area (Å²) in [6.45, 7) is 6.66. The van der Waals surface area contributed by atoms with E-state index in [0.29, 0.717) is 30.0 Å². The lowest BCUT2D eigenvalue weighted by Crippen LogP contribution is -2.48. The van der Waals surface area contributed by atoms with Gasteiger partial charge in [-0.1, -0.05) is 24.3 Å². The van der Waals surface area contributed by atoms with Crippen LogP contribution in [0.5, 0.6) is 0 Å². The first-order valence-corrected chi connectivity index (χ1v) is 10.7. The van der Waals surface area contributed by atoms with E-state index < -0.39 is 17.7 Å². The Hall–Kier alpha value is -2.87. The number of hydrogen-bond donors (Lipinski definition) is 0. The van der Waals surface area contributed by atoms with Crippen molar-refractivity contribution >= 4 is 11.6 Å². The number of rotatable bonds is 4. The molecule has 0 spiro atoms. The summed E-state index contributed by atoms with van der Waals surface area (Å²) < 4.78 is 47.9. The molecule has 3 unspecified atom stereocenters. The number of benzene rings is 1. The number of fused-ring (bicyclic) bond motifs is 1. The number of carbonyl (C=O) groups is 1. The summed E-state index contributed by atoms with van der Waals surface area (Å²) >= 11 is 0. The number of aromatic nitrogens is 2. The summed E-state index contributed by atoms with van der Waals surface area (Å²) in [6, 6.07) is 10.9. The third-order valence-electron chi connectivity index (χ3n) is 5.88. The number of ether oxygens (including phenoxy) is 1. The van der Waals surface area contributed by atoms with Crippen molar-refractivity contribution in [2.75, 3.05) is 13.1 Å². The molecule has 1 aliphatic rings. The predicted octanol–water partition coefficient (Wildman–Crippen LogP) is 4.82. The molecule has 1 fully saturated rings. The van der Waals surface area contributed by atoms with Crippen LogP contribution in [-0.4, -0.2) is 45.5 Å². The second-order valence-electron chi connectivity index (χ2n) is 8.48. The van der Waals surface area contributed by atoms with Crippen LogP contribution in [-0.2, 0) is 15.7 Å². The van der Waals surface area contributed by atoms with E-state index in [-0.39, 0.29) is 24.5 Å². The van der Waals surface area contributed by atoms with Gasteiger partial charge >= 0.3 is 6.18 Å². The average Bonchev–Trinajstić information content (AvgIpc) is 3.16. The van der Waals surface area contributed by atoms with Gasteiger partial charge in [-0.15, -0.1) is 0 Å². The van der Waals surface area contributed by atoms with Gasteiger partial charge in [0.1, 0.15) is 5.65 Å². The Kier molecular flexibility index (Phi) is 5.99. The van der Waals surface area contributed by atoms with Gasteiger partial charge in [0.15, 0.2) is 0 Å². The Morgan fingerprint density at radius 1 is 1.16 bits per heavy atom. The van der Waals surface area contributed by atoms with Crippen molar-refractivity contribution in [2.24, 2.45) is 0 Å². The van der Waals surface area contributed by atoms with E-state index in [1.807, 2.05) is 43.4 Å². The third kappa shape index (κ3) is 4.50. The van der Waals surface area contributed by atoms with Crippen molar-refractivity contribution in [3.63, 3.8) is 0 Å². The number of pyridine rings is 1. The van der Waals surface area contributed by atoms with Crippen molar-refractivity contribution in [1.82, 2.24) is 14.3 Å². The van der Waals surface area contributed by atoms with Crippen LogP contribution >= 0.6 is 0 Å². The molecule has 3 atom stereocenters. The maximum atomic E-state index is 13.4. The summed E-state index contributed by atoms with van der Waals surface area (Å²) in [5.41, 5.74) is 1.99. The highest BCUT2D eigenvalue weighted by atomic mass is 19.4. The summed E-state index contributed by atoms with van der Waals surface area (Å²) in [5.74, 6) is -0.688. The number of morpholine rings is 1. The van der Waals surface area contributed by atoms with Crippen LogP contribution in [0.1, 0.15) is 48.7 Å². The molecule has 1 aromatic carbocycles. The van der Waals surface area contributed by atoms with Crippen LogP contribution in [0.25, 0.3) is 5.65 Å². The van der Waals surface area contributed by atoms with E-state index in [2.05, 4.69) is 4.98 Å². The number of imidazole rings is 1. The van der Waals surface area contributed by atoms with Crippen LogP contribution in [0, 0.1) is 6.92 Å². The Bertz CT molecular complexity index is 1120. The molecular formula is C24H26F3N3O2. The zero-order valence-electron chi connectivity index (χ0n) is 18.3. The first kappa shape index (κ1) is 22.3. The van der Waals surface area contributed by atoms with Crippen molar-refractivity contribution in [1.29, 1.82) is 0 Å². The van der Waals surface area contributed by atoms with E-state index in [1.54, 1.807) is 17.2 Å². The number of carbonyl (C=O) groups excluding carboxylic acids is 1. The fourth-order valence-electron chi connectivity index (χ4n) is 4.49. The first-order chi connectivity index (χ1) is 15.1. The van der Waals surface area contributed by atoms with Gasteiger partial charge in [0, 0.05) is 37.3 Å². The largest absolute Gasteiger partial charge is 0.416 e. The monoisotopic (exact) mass is 445 g/mol. The molecule has 8 heteroatoms. The number of halogens is 3. The van der Waals surface area contributed by atoms with E-state index in [1.165, 1.54) is 6.07 Å². The lowest BCUT2D eigenvalue weighted by molar-refractivity contribution is -0.143. The molecule has 0 N–H and O–H groups in total. The minimum atomic E-state index is -4.46. The minimum Gasteiger partial charge on any atom is -0.372 e. The maximum Gasteiger partial charge on any atom is 0.416 e. The first-order valence-electron chi connectivity index (χ1n) is 10.7. The number of nitrogens with zero attached hydrogens (tertiary/aromatic N) is 3. The van der Waals surface area contributed by atoms with E-state index in [4.69, 9.17) is 4.74 Å². The summed E-state index contributed by atoms with van der Waals surface area (Å²) in [4.78, 5) is 19.5. The molecule has 3 heterocycles. The molecule has 0 radical (unpaired) electrons. The van der Waals surface area contributed by atoms with Crippen molar-refractivity contribution in [3.05, 3.63) is 71.2 Å². The van der Waals surface area contributed by atoms with Gasteiger partial charge in [-0.3, -0.25) is 4.79 Å². The van der Waals surface area contributed by atoms with Crippen LogP contribution in [0.3, 0.4) is 0 Å². The van der Waals surface area contributed by atoms with Crippen molar-refractivity contribution in [2.45, 2.75) is 51.5 Å². The normalized spacial score (nSPS) is 20.5. The van der Waals surface area contributed by atoms with Gasteiger partial charge in [-0.05, 0) is 44.5 Å². The second kappa shape index (κ2) is 8.58. The SMILES string of the molecule is Cc1cccc2ncc(C(CC(=O)N3CC(C)OC(C)C3)c3cccc(C(F)(F)F)c3)n12. The molecule has 1 aliphatic heterocycles. The summed E-state index contributed by atoms with van der Waals surface area (Å²) in [6.07, 6.45) is -2.94. The topological polar surface area (TPSA) is 46.8 Å². The maximum absolute atomic E-state index is 13.4. The molecule has 1 saturated heterocycles. The number of hydrogen-bond acceptors (Lipinski definition) is 3. The van der Waals surface area contributed by atoms with Gasteiger partial charge in [-0.2, -0.15) is 13.2 Å². The van der Waals surface area contributed by atoms with Crippen molar-refractivity contribution < 1.29 is 22.7 Å². The highest BCUT2D eigenvalue weighted by Gasteiger charge is 2.33. The zero-order valence-corrected chi connectivity index (χ0v) is 18.3. The molecule has 2 aromatic heterocycles. The molecule has 3 aromatic rings. The van der Waals surface area contributed by atoms with Crippen LogP contribution < -0.4 is 0 Å². The minimum absolute atomic E-state index is 0.0445.